The van der Waals surface area contributed by atoms with Gasteiger partial charge in [0, 0.05) is 26.2 Å². The summed E-state index contributed by atoms with van der Waals surface area (Å²) in [4.78, 5) is 39.4. The fourth-order valence-electron chi connectivity index (χ4n) is 1.93. The highest BCUT2D eigenvalue weighted by atomic mass is 16.4. The lowest BCUT2D eigenvalue weighted by atomic mass is 10.1. The maximum Gasteiger partial charge on any atom is 0.315 e. The minimum absolute atomic E-state index is 0.0309. The van der Waals surface area contributed by atoms with Gasteiger partial charge in [0.05, 0.1) is 6.54 Å². The van der Waals surface area contributed by atoms with Crippen LogP contribution in [0.2, 0.25) is 0 Å². The number of carboxylic acids is 1. The Bertz CT molecular complexity index is 362. The molecule has 0 saturated carbocycles. The number of carboxylic acid groups (broad SMARTS) is 1. The van der Waals surface area contributed by atoms with Crippen molar-refractivity contribution in [2.75, 3.05) is 46.8 Å². The number of carbonyl (C=O) groups excluding carboxylic acids is 2. The fourth-order valence-corrected chi connectivity index (χ4v) is 1.93. The lowest BCUT2D eigenvalue weighted by molar-refractivity contribution is -0.152. The van der Waals surface area contributed by atoms with Gasteiger partial charge in [-0.3, -0.25) is 14.4 Å². The molecule has 0 bridgehead atoms. The van der Waals surface area contributed by atoms with Crippen molar-refractivity contribution in [3.8, 4) is 0 Å². The van der Waals surface area contributed by atoms with Crippen LogP contribution in [0.3, 0.4) is 0 Å². The zero-order valence-electron chi connectivity index (χ0n) is 11.6. The molecule has 0 aromatic rings. The highest BCUT2D eigenvalue weighted by Gasteiger charge is 2.29. The van der Waals surface area contributed by atoms with E-state index in [4.69, 9.17) is 5.11 Å². The SMILES string of the molecule is CC(C(=O)O)C(=O)N1CCN(C(=O)CN(C)C)CC1. The van der Waals surface area contributed by atoms with Crippen LogP contribution in [-0.2, 0) is 14.4 Å². The molecule has 0 aromatic heterocycles. The molecule has 7 heteroatoms. The van der Waals surface area contributed by atoms with Crippen LogP contribution in [-0.4, -0.2) is 84.4 Å². The van der Waals surface area contributed by atoms with Crippen LogP contribution in [0.1, 0.15) is 6.92 Å². The number of hydrogen-bond donors (Lipinski definition) is 1. The van der Waals surface area contributed by atoms with Crippen LogP contribution in [0.5, 0.6) is 0 Å². The van der Waals surface area contributed by atoms with Gasteiger partial charge in [-0.15, -0.1) is 0 Å². The lowest BCUT2D eigenvalue weighted by Gasteiger charge is -2.35. The van der Waals surface area contributed by atoms with Crippen molar-refractivity contribution in [2.45, 2.75) is 6.92 Å². The van der Waals surface area contributed by atoms with Gasteiger partial charge >= 0.3 is 5.97 Å². The highest BCUT2D eigenvalue weighted by molar-refractivity contribution is 5.96. The molecule has 1 aliphatic heterocycles. The Balaban J connectivity index is 2.47. The predicted octanol–water partition coefficient (Wildman–Crippen LogP) is -1.06. The van der Waals surface area contributed by atoms with Crippen LogP contribution in [0.25, 0.3) is 0 Å². The number of aliphatic carboxylic acids is 1. The average molecular weight is 271 g/mol. The fraction of sp³-hybridized carbons (Fsp3) is 0.750. The van der Waals surface area contributed by atoms with E-state index < -0.39 is 11.9 Å². The zero-order valence-corrected chi connectivity index (χ0v) is 11.6. The summed E-state index contributed by atoms with van der Waals surface area (Å²) in [5.41, 5.74) is 0. The predicted molar refractivity (Wildman–Crippen MR) is 68.5 cm³/mol. The normalized spacial score (nSPS) is 17.5. The molecule has 0 radical (unpaired) electrons. The number of amides is 2. The highest BCUT2D eigenvalue weighted by Crippen LogP contribution is 2.08. The number of likely N-dealkylation sites (N-methyl/N-ethyl adjacent to an activating group) is 1. The molecule has 1 rings (SSSR count). The first-order chi connectivity index (χ1) is 8.82. The van der Waals surface area contributed by atoms with E-state index in [0.29, 0.717) is 32.7 Å². The van der Waals surface area contributed by atoms with Crippen molar-refractivity contribution < 1.29 is 19.5 Å². The number of nitrogens with zero attached hydrogens (tertiary/aromatic N) is 3. The summed E-state index contributed by atoms with van der Waals surface area (Å²) < 4.78 is 0. The van der Waals surface area contributed by atoms with E-state index in [9.17, 15) is 14.4 Å². The third kappa shape index (κ3) is 4.20. The van der Waals surface area contributed by atoms with Crippen molar-refractivity contribution in [3.05, 3.63) is 0 Å². The van der Waals surface area contributed by atoms with Gasteiger partial charge in [0.15, 0.2) is 0 Å². The van der Waals surface area contributed by atoms with Gasteiger partial charge in [0.2, 0.25) is 11.8 Å². The van der Waals surface area contributed by atoms with E-state index in [2.05, 4.69) is 0 Å². The second kappa shape index (κ2) is 6.51. The van der Waals surface area contributed by atoms with Crippen molar-refractivity contribution in [3.63, 3.8) is 0 Å². The molecular formula is C12H21N3O4. The Morgan fingerprint density at radius 3 is 2.00 bits per heavy atom. The smallest absolute Gasteiger partial charge is 0.315 e. The molecule has 1 N–H and O–H groups in total. The molecule has 0 aromatic carbocycles. The monoisotopic (exact) mass is 271 g/mol. The van der Waals surface area contributed by atoms with Crippen molar-refractivity contribution in [2.24, 2.45) is 5.92 Å². The van der Waals surface area contributed by atoms with E-state index in [-0.39, 0.29) is 11.8 Å². The van der Waals surface area contributed by atoms with Gasteiger partial charge in [-0.1, -0.05) is 0 Å². The van der Waals surface area contributed by atoms with Gasteiger partial charge in [-0.25, -0.2) is 0 Å². The summed E-state index contributed by atoms with van der Waals surface area (Å²) in [5, 5.41) is 8.80. The van der Waals surface area contributed by atoms with Crippen LogP contribution < -0.4 is 0 Å². The number of piperazine rings is 1. The van der Waals surface area contributed by atoms with Crippen molar-refractivity contribution in [1.29, 1.82) is 0 Å². The molecule has 1 fully saturated rings. The zero-order chi connectivity index (χ0) is 14.6. The Morgan fingerprint density at radius 2 is 1.58 bits per heavy atom. The molecule has 1 heterocycles. The first-order valence-corrected chi connectivity index (χ1v) is 6.27. The van der Waals surface area contributed by atoms with Crippen molar-refractivity contribution >= 4 is 17.8 Å². The average Bonchev–Trinajstić information content (AvgIpc) is 2.36. The second-order valence-electron chi connectivity index (χ2n) is 5.00. The van der Waals surface area contributed by atoms with Gasteiger partial charge in [0.25, 0.3) is 0 Å². The summed E-state index contributed by atoms with van der Waals surface area (Å²) in [6.45, 7) is 3.45. The standard InChI is InChI=1S/C12H21N3O4/c1-9(12(18)19)11(17)15-6-4-14(5-7-15)10(16)8-13(2)3/h9H,4-8H2,1-3H3,(H,18,19). The van der Waals surface area contributed by atoms with Crippen LogP contribution in [0, 0.1) is 5.92 Å². The number of hydrogen-bond acceptors (Lipinski definition) is 4. The van der Waals surface area contributed by atoms with Crippen molar-refractivity contribution in [1.82, 2.24) is 14.7 Å². The van der Waals surface area contributed by atoms with E-state index in [1.165, 1.54) is 11.8 Å². The molecule has 0 aliphatic carbocycles. The van der Waals surface area contributed by atoms with Crippen LogP contribution >= 0.6 is 0 Å². The molecule has 0 spiro atoms. The first kappa shape index (κ1) is 15.4. The molecular weight excluding hydrogens is 250 g/mol. The maximum atomic E-state index is 11.8. The van der Waals surface area contributed by atoms with Gasteiger partial charge in [-0.2, -0.15) is 0 Å². The Kier molecular flexibility index (Phi) is 5.29. The second-order valence-corrected chi connectivity index (χ2v) is 5.00. The molecule has 19 heavy (non-hydrogen) atoms. The number of carbonyl (C=O) groups is 3. The Hall–Kier alpha value is -1.63. The van der Waals surface area contributed by atoms with E-state index in [1.54, 1.807) is 9.80 Å². The lowest BCUT2D eigenvalue weighted by Crippen LogP contribution is -2.53. The number of rotatable bonds is 4. The summed E-state index contributed by atoms with van der Waals surface area (Å²) in [5.74, 6) is -2.49. The Morgan fingerprint density at radius 1 is 1.11 bits per heavy atom. The largest absolute Gasteiger partial charge is 0.481 e. The summed E-state index contributed by atoms with van der Waals surface area (Å²) in [6.07, 6.45) is 0. The molecule has 1 aliphatic rings. The molecule has 1 atom stereocenters. The summed E-state index contributed by atoms with van der Waals surface area (Å²) in [7, 11) is 3.65. The minimum Gasteiger partial charge on any atom is -0.481 e. The third-order valence-corrected chi connectivity index (χ3v) is 3.14. The molecule has 108 valence electrons. The van der Waals surface area contributed by atoms with Crippen LogP contribution in [0.15, 0.2) is 0 Å². The quantitative estimate of drug-likeness (QED) is 0.659. The topological polar surface area (TPSA) is 81.2 Å². The molecule has 1 unspecified atom stereocenters. The summed E-state index contributed by atoms with van der Waals surface area (Å²) >= 11 is 0. The molecule has 1 saturated heterocycles. The minimum atomic E-state index is -1.11. The first-order valence-electron chi connectivity index (χ1n) is 6.27. The van der Waals surface area contributed by atoms with E-state index in [1.807, 2.05) is 14.1 Å². The third-order valence-electron chi connectivity index (χ3n) is 3.14. The van der Waals surface area contributed by atoms with Crippen LogP contribution in [0.4, 0.5) is 0 Å². The Labute approximate surface area is 112 Å². The maximum absolute atomic E-state index is 11.8. The van der Waals surface area contributed by atoms with E-state index in [0.717, 1.165) is 0 Å². The van der Waals surface area contributed by atoms with E-state index >= 15 is 0 Å². The molecule has 2 amide bonds. The van der Waals surface area contributed by atoms with Gasteiger partial charge in [0.1, 0.15) is 5.92 Å². The molecule has 7 nitrogen and oxygen atoms in total. The van der Waals surface area contributed by atoms with Gasteiger partial charge < -0.3 is 19.8 Å². The summed E-state index contributed by atoms with van der Waals surface area (Å²) in [6, 6.07) is 0. The van der Waals surface area contributed by atoms with Gasteiger partial charge in [-0.05, 0) is 21.0 Å².